The molecule has 0 bridgehead atoms. The van der Waals surface area contributed by atoms with E-state index in [9.17, 15) is 0 Å². The lowest BCUT2D eigenvalue weighted by Crippen LogP contribution is -2.51. The first kappa shape index (κ1) is 97.7. The zero-order chi connectivity index (χ0) is 84.3. The number of hydrogen-bond acceptors (Lipinski definition) is 18. The molecule has 0 aromatic heterocycles. The van der Waals surface area contributed by atoms with Crippen molar-refractivity contribution in [3.63, 3.8) is 0 Å². The molecule has 22 heteroatoms. The summed E-state index contributed by atoms with van der Waals surface area (Å²) in [6.07, 6.45) is 32.9. The van der Waals surface area contributed by atoms with Gasteiger partial charge in [0.1, 0.15) is 0 Å². The van der Waals surface area contributed by atoms with E-state index in [-0.39, 0.29) is 0 Å². The highest BCUT2D eigenvalue weighted by molar-refractivity contribution is 9.10. The zero-order valence-corrected chi connectivity index (χ0v) is 78.2. The van der Waals surface area contributed by atoms with E-state index in [0.29, 0.717) is 70.8 Å². The number of benzene rings is 6. The van der Waals surface area contributed by atoms with Crippen molar-refractivity contribution < 1.29 is 61.6 Å². The Hall–Kier alpha value is -3.92. The number of aryl methyl sites for hydroxylation is 1. The Balaban J connectivity index is 0.000000148. The average molecular weight is 1840 g/mol. The van der Waals surface area contributed by atoms with Crippen LogP contribution in [0.15, 0.2) is 136 Å². The summed E-state index contributed by atoms with van der Waals surface area (Å²) in [5.41, 5.74) is 6.47. The molecule has 9 fully saturated rings. The van der Waals surface area contributed by atoms with Crippen LogP contribution >= 0.6 is 55.1 Å². The van der Waals surface area contributed by atoms with E-state index >= 15 is 0 Å². The van der Waals surface area contributed by atoms with Crippen LogP contribution < -0.4 is 9.47 Å². The minimum Gasteiger partial charge on any atom is -0.493 e. The zero-order valence-electron chi connectivity index (χ0n) is 73.5. The van der Waals surface area contributed by atoms with Crippen LogP contribution in [0.4, 0.5) is 0 Å². The lowest BCUT2D eigenvalue weighted by Gasteiger charge is -2.41. The van der Waals surface area contributed by atoms with Crippen LogP contribution in [-0.2, 0) is 84.2 Å². The van der Waals surface area contributed by atoms with Crippen molar-refractivity contribution in [3.8, 4) is 11.5 Å². The SMILES string of the molecule is Brc1cccc(CCOC2CCCCC2N2CCOCC2)c1.Brc1ccccc1CCOC1CCCCC1N1CCOCC1.COCCN(CCOC)C1CCCCC1OCCc1ccc2ccccc2c1.COc1ccc(CCCOC2CCCCC2N2CCOCC2)cc1OC.Clc1ccc(CCOC2CCCCC2N2CCOCC2)cc1Cl. The Morgan fingerprint density at radius 1 is 0.347 bits per heavy atom. The van der Waals surface area contributed by atoms with Gasteiger partial charge in [0.05, 0.1) is 147 Å². The van der Waals surface area contributed by atoms with Gasteiger partial charge in [0.15, 0.2) is 11.5 Å². The molecule has 121 heavy (non-hydrogen) atoms. The maximum absolute atomic E-state index is 6.43. The summed E-state index contributed by atoms with van der Waals surface area (Å²) in [4.78, 5) is 12.8. The summed E-state index contributed by atoms with van der Waals surface area (Å²) in [6, 6.07) is 47.0. The predicted octanol–water partition coefficient (Wildman–Crippen LogP) is 19.1. The highest BCUT2D eigenvalue weighted by Gasteiger charge is 2.37. The summed E-state index contributed by atoms with van der Waals surface area (Å²) in [7, 11) is 6.89. The normalized spacial score (nSPS) is 24.7. The molecule has 6 aromatic carbocycles. The summed E-state index contributed by atoms with van der Waals surface area (Å²) in [6.45, 7) is 22.7. The monoisotopic (exact) mass is 1840 g/mol. The lowest BCUT2D eigenvalue weighted by atomic mass is 9.91. The van der Waals surface area contributed by atoms with Gasteiger partial charge in [-0.25, -0.2) is 0 Å². The van der Waals surface area contributed by atoms with Crippen LogP contribution in [0, 0.1) is 0 Å². The Bertz CT molecular complexity index is 3790. The molecule has 672 valence electrons. The Labute approximate surface area is 753 Å². The second-order valence-corrected chi connectivity index (χ2v) is 36.4. The van der Waals surface area contributed by atoms with Gasteiger partial charge in [-0.05, 0) is 184 Å². The molecule has 18 nitrogen and oxygen atoms in total. The van der Waals surface area contributed by atoms with E-state index in [1.165, 1.54) is 165 Å². The van der Waals surface area contributed by atoms with Crippen LogP contribution in [0.25, 0.3) is 10.8 Å². The average Bonchev–Trinajstić information content (AvgIpc) is 0.859. The molecule has 10 unspecified atom stereocenters. The number of nitrogens with zero attached hydrogens (tertiary/aromatic N) is 5. The molecule has 5 saturated carbocycles. The van der Waals surface area contributed by atoms with E-state index in [0.717, 1.165) is 225 Å². The van der Waals surface area contributed by atoms with Crippen molar-refractivity contribution in [3.05, 3.63) is 174 Å². The van der Waals surface area contributed by atoms with E-state index in [1.54, 1.807) is 28.4 Å². The molecule has 0 N–H and O–H groups in total. The fraction of sp³-hybridized carbons (Fsp3) is 0.657. The van der Waals surface area contributed by atoms with Crippen molar-refractivity contribution in [1.82, 2.24) is 24.5 Å². The first-order valence-electron chi connectivity index (χ1n) is 46.2. The molecule has 9 aliphatic rings. The van der Waals surface area contributed by atoms with E-state index in [1.807, 2.05) is 24.3 Å². The van der Waals surface area contributed by atoms with Crippen LogP contribution in [0.2, 0.25) is 10.0 Å². The molecule has 4 aliphatic heterocycles. The summed E-state index contributed by atoms with van der Waals surface area (Å²) < 4.78 is 77.3. The molecule has 6 aromatic rings. The van der Waals surface area contributed by atoms with Crippen LogP contribution in [0.3, 0.4) is 0 Å². The number of halogens is 4. The quantitative estimate of drug-likeness (QED) is 0.0354. The van der Waals surface area contributed by atoms with Crippen LogP contribution in [0.5, 0.6) is 11.5 Å². The first-order chi connectivity index (χ1) is 59.5. The molecule has 15 rings (SSSR count). The third-order valence-electron chi connectivity index (χ3n) is 25.9. The molecule has 0 radical (unpaired) electrons. The van der Waals surface area contributed by atoms with Crippen LogP contribution in [0.1, 0.15) is 163 Å². The number of morpholine rings is 4. The van der Waals surface area contributed by atoms with E-state index in [2.05, 4.69) is 159 Å². The first-order valence-corrected chi connectivity index (χ1v) is 48.6. The van der Waals surface area contributed by atoms with Gasteiger partial charge >= 0.3 is 0 Å². The minimum absolute atomic E-state index is 0.308. The molecule has 10 atom stereocenters. The van der Waals surface area contributed by atoms with E-state index in [4.69, 9.17) is 84.8 Å². The molecule has 5 aliphatic carbocycles. The smallest absolute Gasteiger partial charge is 0.160 e. The highest BCUT2D eigenvalue weighted by atomic mass is 79.9. The predicted molar refractivity (Wildman–Crippen MR) is 496 cm³/mol. The van der Waals surface area contributed by atoms with E-state index < -0.39 is 0 Å². The third kappa shape index (κ3) is 33.3. The molecule has 0 spiro atoms. The van der Waals surface area contributed by atoms with Crippen molar-refractivity contribution in [2.45, 2.75) is 228 Å². The van der Waals surface area contributed by atoms with Gasteiger partial charge in [-0.3, -0.25) is 24.5 Å². The second-order valence-electron chi connectivity index (χ2n) is 33.9. The summed E-state index contributed by atoms with van der Waals surface area (Å²) in [5.74, 6) is 1.58. The van der Waals surface area contributed by atoms with Gasteiger partial charge in [0.2, 0.25) is 0 Å². The molecule has 0 amide bonds. The van der Waals surface area contributed by atoms with Crippen molar-refractivity contribution in [2.24, 2.45) is 0 Å². The topological polar surface area (TPSA) is 136 Å². The number of fused-ring (bicyclic) bond motifs is 1. The third-order valence-corrected chi connectivity index (χ3v) is 27.9. The standard InChI is InChI=1S/C24H35NO3.C21H33NO4.2C18H26BrNO2.C18H25Cl2NO2/c1-26-17-14-25(15-18-27-2)23-9-5-6-10-24(23)28-16-13-20-11-12-21-7-3-4-8-22(21)19-20;1-23-20-10-9-17(16-21(20)24-2)6-5-13-26-19-8-4-3-7-18(19)22-11-14-25-15-12-22;19-16-5-3-4-15(14-16)8-11-22-18-7-2-1-6-17(18)20-9-12-21-13-10-20;19-16-6-2-1-5-15(16)9-12-22-18-8-4-3-7-17(18)20-10-13-21-14-11-20;19-15-6-5-14(13-16(15)20)7-10-23-18-4-2-1-3-17(18)21-8-11-22-12-9-21/h3-4,7-8,11-12,19,23-24H,5-6,9-10,13-18H2,1-2H3;9-10,16,18-19H,3-8,11-15H2,1-2H3;3-5,14,17-18H,1-2,6-13H2;1-2,5-6,17-18H,3-4,7-14H2;5-6,13,17-18H,1-4,7-12H2. The second kappa shape index (κ2) is 56.4. The Morgan fingerprint density at radius 2 is 0.752 bits per heavy atom. The van der Waals surface area contributed by atoms with Crippen molar-refractivity contribution in [1.29, 1.82) is 0 Å². The summed E-state index contributed by atoms with van der Waals surface area (Å²) >= 11 is 19.2. The Morgan fingerprint density at radius 3 is 1.23 bits per heavy atom. The number of ether oxygens (including phenoxy) is 13. The Kier molecular flexibility index (Phi) is 45.5. The molecular weight excluding hydrogens is 1700 g/mol. The fourth-order valence-corrected chi connectivity index (χ4v) is 20.5. The van der Waals surface area contributed by atoms with Gasteiger partial charge in [0, 0.05) is 125 Å². The largest absolute Gasteiger partial charge is 0.493 e. The molecular formula is C99H145Br2Cl2N5O13. The number of hydrogen-bond donors (Lipinski definition) is 0. The summed E-state index contributed by atoms with van der Waals surface area (Å²) in [5, 5.41) is 3.83. The van der Waals surface area contributed by atoms with Gasteiger partial charge in [-0.1, -0.05) is 204 Å². The minimum atomic E-state index is 0.308. The van der Waals surface area contributed by atoms with Crippen LogP contribution in [-0.4, -0.2) is 278 Å². The molecule has 4 saturated heterocycles. The highest BCUT2D eigenvalue weighted by Crippen LogP contribution is 2.35. The lowest BCUT2D eigenvalue weighted by molar-refractivity contribution is -0.0658. The maximum atomic E-state index is 6.43. The van der Waals surface area contributed by atoms with Gasteiger partial charge in [-0.15, -0.1) is 0 Å². The van der Waals surface area contributed by atoms with Gasteiger partial charge in [-0.2, -0.15) is 0 Å². The van der Waals surface area contributed by atoms with Gasteiger partial charge < -0.3 is 61.6 Å². The van der Waals surface area contributed by atoms with Crippen molar-refractivity contribution in [2.75, 3.05) is 193 Å². The number of rotatable bonds is 34. The van der Waals surface area contributed by atoms with Crippen molar-refractivity contribution >= 4 is 65.8 Å². The molecule has 4 heterocycles. The maximum Gasteiger partial charge on any atom is 0.160 e. The van der Waals surface area contributed by atoms with Gasteiger partial charge in [0.25, 0.3) is 0 Å². The number of methoxy groups -OCH3 is 4. The fourth-order valence-electron chi connectivity index (χ4n) is 19.3.